The van der Waals surface area contributed by atoms with Gasteiger partial charge in [-0.05, 0) is 39.0 Å². The first-order valence-electron chi connectivity index (χ1n) is 9.58. The predicted molar refractivity (Wildman–Crippen MR) is 107 cm³/mol. The fraction of sp³-hybridized carbons (Fsp3) is 0.944. The van der Waals surface area contributed by atoms with Crippen LogP contribution in [0.25, 0.3) is 0 Å². The van der Waals surface area contributed by atoms with Gasteiger partial charge in [0.05, 0.1) is 17.5 Å². The molecule has 2 aliphatic rings. The van der Waals surface area contributed by atoms with Gasteiger partial charge in [-0.3, -0.25) is 9.69 Å². The minimum Gasteiger partial charge on any atom is -0.388 e. The zero-order valence-corrected chi connectivity index (χ0v) is 18.0. The highest BCUT2D eigenvalue weighted by Gasteiger charge is 2.48. The molecule has 9 atom stereocenters. The van der Waals surface area contributed by atoms with Gasteiger partial charge in [0, 0.05) is 6.54 Å². The quantitative estimate of drug-likeness (QED) is 0.438. The Kier molecular flexibility index (Phi) is 8.67. The number of likely N-dealkylation sites (tertiary alicyclic amines) is 1. The van der Waals surface area contributed by atoms with Gasteiger partial charge in [0.25, 0.3) is 0 Å². The topological polar surface area (TPSA) is 102 Å². The van der Waals surface area contributed by atoms with E-state index in [4.69, 9.17) is 16.3 Å². The van der Waals surface area contributed by atoms with Gasteiger partial charge < -0.3 is 25.4 Å². The number of alkyl halides is 1. The summed E-state index contributed by atoms with van der Waals surface area (Å²) in [5, 5.41) is 33.0. The third kappa shape index (κ3) is 5.29. The van der Waals surface area contributed by atoms with Gasteiger partial charge in [0.2, 0.25) is 5.91 Å². The molecule has 1 amide bonds. The van der Waals surface area contributed by atoms with Crippen molar-refractivity contribution in [1.29, 1.82) is 0 Å². The molecule has 27 heavy (non-hydrogen) atoms. The summed E-state index contributed by atoms with van der Waals surface area (Å²) in [7, 11) is 1.94. The van der Waals surface area contributed by atoms with Crippen molar-refractivity contribution in [1.82, 2.24) is 10.2 Å². The molecule has 158 valence electrons. The van der Waals surface area contributed by atoms with Crippen LogP contribution in [0.5, 0.6) is 0 Å². The van der Waals surface area contributed by atoms with E-state index in [0.29, 0.717) is 5.92 Å². The van der Waals surface area contributed by atoms with Crippen LogP contribution in [-0.4, -0.2) is 93.3 Å². The minimum atomic E-state index is -1.36. The van der Waals surface area contributed by atoms with Crippen LogP contribution in [0, 0.1) is 5.92 Å². The lowest BCUT2D eigenvalue weighted by Gasteiger charge is -2.44. The van der Waals surface area contributed by atoms with Crippen LogP contribution < -0.4 is 5.32 Å². The first kappa shape index (κ1) is 23.2. The Bertz CT molecular complexity index is 498. The van der Waals surface area contributed by atoms with Crippen LogP contribution in [-0.2, 0) is 9.53 Å². The molecule has 9 heteroatoms. The highest BCUT2D eigenvalue weighted by molar-refractivity contribution is 7.99. The first-order valence-corrected chi connectivity index (χ1v) is 11.3. The number of rotatable bonds is 7. The lowest BCUT2D eigenvalue weighted by atomic mass is 9.92. The Labute approximate surface area is 170 Å². The maximum absolute atomic E-state index is 12.9. The number of ether oxygens (including phenoxy) is 1. The molecule has 0 aromatic carbocycles. The van der Waals surface area contributed by atoms with Crippen molar-refractivity contribution in [2.45, 2.75) is 80.4 Å². The number of aliphatic hydroxyl groups excluding tert-OH is 3. The highest BCUT2D eigenvalue weighted by Crippen LogP contribution is 2.31. The largest absolute Gasteiger partial charge is 0.388 e. The molecular weight excluding hydrogens is 392 g/mol. The van der Waals surface area contributed by atoms with Gasteiger partial charge in [-0.2, -0.15) is 0 Å². The Morgan fingerprint density at radius 3 is 2.56 bits per heavy atom. The molecule has 0 bridgehead atoms. The summed E-state index contributed by atoms with van der Waals surface area (Å²) in [5.74, 6) is 0.350. The van der Waals surface area contributed by atoms with Crippen molar-refractivity contribution in [2.24, 2.45) is 5.92 Å². The molecule has 0 unspecified atom stereocenters. The number of nitrogens with zero attached hydrogens (tertiary/aromatic N) is 1. The lowest BCUT2D eigenvalue weighted by molar-refractivity contribution is -0.205. The Hall–Kier alpha value is -0.0900. The molecule has 7 nitrogen and oxygen atoms in total. The zero-order chi connectivity index (χ0) is 20.3. The van der Waals surface area contributed by atoms with Crippen LogP contribution in [0.2, 0.25) is 0 Å². The van der Waals surface area contributed by atoms with Crippen LogP contribution in [0.15, 0.2) is 0 Å². The van der Waals surface area contributed by atoms with E-state index in [0.717, 1.165) is 25.8 Å². The summed E-state index contributed by atoms with van der Waals surface area (Å²) >= 11 is 7.55. The van der Waals surface area contributed by atoms with Crippen LogP contribution in [0.4, 0.5) is 0 Å². The lowest BCUT2D eigenvalue weighted by Crippen LogP contribution is -2.65. The number of aliphatic hydroxyl groups is 3. The molecule has 0 spiro atoms. The summed E-state index contributed by atoms with van der Waals surface area (Å²) in [4.78, 5) is 14.9. The number of hydrogen-bond donors (Lipinski definition) is 4. The smallest absolute Gasteiger partial charge is 0.237 e. The van der Waals surface area contributed by atoms with E-state index >= 15 is 0 Å². The molecule has 2 heterocycles. The number of carbonyl (C=O) groups excluding carboxylic acids is 1. The van der Waals surface area contributed by atoms with Crippen LogP contribution in [0.1, 0.15) is 33.1 Å². The summed E-state index contributed by atoms with van der Waals surface area (Å²) in [6.07, 6.45) is -0.0980. The molecule has 4 N–H and O–H groups in total. The standard InChI is InChI=1S/C18H33ClN2O5S/c1-5-6-10-7-11(21(3)8-10)17(25)20-12(9(2)19)16-14(23)13(22)15(24)18(26-16)27-4/h9-16,18,22-24H,5-8H2,1-4H3,(H,20,25)/t9-,10-,11+,12+,13+,14-,15+,16-,18+/m1/s1. The summed E-state index contributed by atoms with van der Waals surface area (Å²) in [6, 6.07) is -0.934. The van der Waals surface area contributed by atoms with Gasteiger partial charge in [0.15, 0.2) is 0 Å². The summed E-state index contributed by atoms with van der Waals surface area (Å²) < 4.78 is 5.79. The van der Waals surface area contributed by atoms with E-state index in [2.05, 4.69) is 12.2 Å². The molecule has 0 aromatic rings. The molecule has 2 saturated heterocycles. The minimum absolute atomic E-state index is 0.147. The third-order valence-electron chi connectivity index (χ3n) is 5.63. The maximum atomic E-state index is 12.9. The van der Waals surface area contributed by atoms with E-state index < -0.39 is 41.3 Å². The van der Waals surface area contributed by atoms with Gasteiger partial charge in [0.1, 0.15) is 29.9 Å². The molecule has 2 rings (SSSR count). The van der Waals surface area contributed by atoms with Crippen molar-refractivity contribution in [3.8, 4) is 0 Å². The number of carbonyl (C=O) groups is 1. The fourth-order valence-corrected chi connectivity index (χ4v) is 5.00. The van der Waals surface area contributed by atoms with Crippen molar-refractivity contribution in [2.75, 3.05) is 19.8 Å². The van der Waals surface area contributed by atoms with Crippen molar-refractivity contribution in [3.05, 3.63) is 0 Å². The SMILES string of the molecule is CCC[C@@H]1C[C@@H](C(=O)N[C@H]([C@H]2O[C@@H](SC)[C@@H](O)[C@@H](O)[C@H]2O)[C@@H](C)Cl)N(C)C1. The zero-order valence-electron chi connectivity index (χ0n) is 16.4. The molecule has 0 radical (unpaired) electrons. The summed E-state index contributed by atoms with van der Waals surface area (Å²) in [5.41, 5.74) is -0.702. The van der Waals surface area contributed by atoms with E-state index in [-0.39, 0.29) is 11.9 Å². The molecule has 2 aliphatic heterocycles. The second-order valence-corrected chi connectivity index (χ2v) is 9.36. The second kappa shape index (κ2) is 10.1. The number of amides is 1. The number of hydrogen-bond acceptors (Lipinski definition) is 7. The Morgan fingerprint density at radius 1 is 1.33 bits per heavy atom. The van der Waals surface area contributed by atoms with E-state index in [1.807, 2.05) is 11.9 Å². The second-order valence-electron chi connectivity index (χ2n) is 7.73. The third-order valence-corrected chi connectivity index (χ3v) is 6.76. The van der Waals surface area contributed by atoms with Crippen molar-refractivity contribution in [3.63, 3.8) is 0 Å². The summed E-state index contributed by atoms with van der Waals surface area (Å²) in [6.45, 7) is 4.74. The van der Waals surface area contributed by atoms with Gasteiger partial charge in [-0.15, -0.1) is 23.4 Å². The predicted octanol–water partition coefficient (Wildman–Crippen LogP) is 0.390. The first-order chi connectivity index (χ1) is 12.7. The molecule has 0 aromatic heterocycles. The maximum Gasteiger partial charge on any atom is 0.237 e. The van der Waals surface area contributed by atoms with Crippen molar-refractivity contribution < 1.29 is 24.9 Å². The van der Waals surface area contributed by atoms with Crippen molar-refractivity contribution >= 4 is 29.3 Å². The van der Waals surface area contributed by atoms with Gasteiger partial charge in [-0.25, -0.2) is 0 Å². The monoisotopic (exact) mass is 424 g/mol. The number of likely N-dealkylation sites (N-methyl/N-ethyl adjacent to an activating group) is 1. The van der Waals surface area contributed by atoms with Gasteiger partial charge in [-0.1, -0.05) is 13.3 Å². The number of thioether (sulfide) groups is 1. The van der Waals surface area contributed by atoms with Gasteiger partial charge >= 0.3 is 0 Å². The molecule has 2 fully saturated rings. The average Bonchev–Trinajstić information content (AvgIpc) is 2.99. The highest BCUT2D eigenvalue weighted by atomic mass is 35.5. The molecule has 0 saturated carbocycles. The number of nitrogens with one attached hydrogen (secondary N) is 1. The Morgan fingerprint density at radius 2 is 2.00 bits per heavy atom. The normalized spacial score (nSPS) is 39.9. The fourth-order valence-electron chi connectivity index (χ4n) is 4.11. The molecule has 0 aliphatic carbocycles. The van der Waals surface area contributed by atoms with E-state index in [1.165, 1.54) is 11.8 Å². The number of halogens is 1. The van der Waals surface area contributed by atoms with E-state index in [1.54, 1.807) is 13.2 Å². The van der Waals surface area contributed by atoms with E-state index in [9.17, 15) is 20.1 Å². The average molecular weight is 425 g/mol. The van der Waals surface area contributed by atoms with Crippen LogP contribution in [0.3, 0.4) is 0 Å². The Balaban J connectivity index is 2.09. The van der Waals surface area contributed by atoms with Crippen LogP contribution >= 0.6 is 23.4 Å². The molecular formula is C18H33ClN2O5S.